The summed E-state index contributed by atoms with van der Waals surface area (Å²) in [5, 5.41) is 47.3. The van der Waals surface area contributed by atoms with Crippen LogP contribution in [0.15, 0.2) is 0 Å². The summed E-state index contributed by atoms with van der Waals surface area (Å²) in [5.41, 5.74) is 0. The molecule has 0 unspecified atom stereocenters. The van der Waals surface area contributed by atoms with Crippen LogP contribution in [0.3, 0.4) is 0 Å². The van der Waals surface area contributed by atoms with Gasteiger partial charge < -0.3 is 44.4 Å². The van der Waals surface area contributed by atoms with E-state index < -0.39 is 18.5 Å². The number of hydrogen-bond acceptors (Lipinski definition) is 12. The van der Waals surface area contributed by atoms with E-state index in [2.05, 4.69) is 14.7 Å². The van der Waals surface area contributed by atoms with E-state index in [0.717, 1.165) is 0 Å². The summed E-state index contributed by atoms with van der Waals surface area (Å²) in [4.78, 5) is 34.0. The van der Waals surface area contributed by atoms with Crippen molar-refractivity contribution in [1.82, 2.24) is 0 Å². The minimum absolute atomic E-state index is 0. The number of rotatable bonds is 0. The van der Waals surface area contributed by atoms with E-state index in [4.69, 9.17) is 45.5 Å². The summed E-state index contributed by atoms with van der Waals surface area (Å²) in [5.74, 6) is 0. The molecule has 0 heterocycles. The zero-order valence-corrected chi connectivity index (χ0v) is 10.2. The number of hydrogen-bond donors (Lipinski definition) is 3. The smallest absolute Gasteiger partial charge is 0.424 e. The second-order valence-electron chi connectivity index (χ2n) is 1.02. The summed E-state index contributed by atoms with van der Waals surface area (Å²) >= 11 is 0. The maximum Gasteiger partial charge on any atom is 3.00 e. The van der Waals surface area contributed by atoms with Crippen molar-refractivity contribution >= 4 is 18.5 Å². The first-order chi connectivity index (χ1) is 6.81. The van der Waals surface area contributed by atoms with E-state index in [-0.39, 0.29) is 41.7 Å². The fourth-order valence-electron chi connectivity index (χ4n) is 0. The molecule has 0 saturated heterocycles. The average molecular weight is 371 g/mol. The summed E-state index contributed by atoms with van der Waals surface area (Å²) in [6.07, 6.45) is -5.82. The second-order valence-corrected chi connectivity index (χ2v) is 1.02. The SMILES string of the molecule is O=C([O-])OO.O=C([O-])OO.O=C([O-])OO.[Ce+3]. The number of carbonyl (C=O) groups excluding carboxylic acids is 3. The Morgan fingerprint density at radius 3 is 0.750 bits per heavy atom. The normalized spacial score (nSPS) is 6.19. The Balaban J connectivity index is -0.0000000655. The van der Waals surface area contributed by atoms with Gasteiger partial charge in [-0.1, -0.05) is 0 Å². The van der Waals surface area contributed by atoms with Crippen LogP contribution in [0, 0.1) is 41.7 Å². The molecule has 1 radical (unpaired) electrons. The Kier molecular flexibility index (Phi) is 29.8. The molecule has 0 spiro atoms. The zero-order valence-electron chi connectivity index (χ0n) is 7.02. The van der Waals surface area contributed by atoms with Crippen LogP contribution in [0.2, 0.25) is 0 Å². The second kappa shape index (κ2) is 19.6. The van der Waals surface area contributed by atoms with Gasteiger partial charge in [-0.3, -0.25) is 15.8 Å². The predicted molar refractivity (Wildman–Crippen MR) is 27.3 cm³/mol. The van der Waals surface area contributed by atoms with Gasteiger partial charge in [0.25, 0.3) is 18.5 Å². The molecular weight excluding hydrogens is 368 g/mol. The fourth-order valence-corrected chi connectivity index (χ4v) is 0. The molecule has 0 amide bonds. The van der Waals surface area contributed by atoms with Crippen LogP contribution >= 0.6 is 0 Å². The van der Waals surface area contributed by atoms with Gasteiger partial charge in [-0.25, -0.2) is 0 Å². The van der Waals surface area contributed by atoms with Crippen LogP contribution in [-0.2, 0) is 14.7 Å². The van der Waals surface area contributed by atoms with Gasteiger partial charge in [-0.15, -0.1) is 0 Å². The van der Waals surface area contributed by atoms with Gasteiger partial charge in [0.05, 0.1) is 0 Å². The van der Waals surface area contributed by atoms with E-state index in [1.165, 1.54) is 0 Å². The Bertz CT molecular complexity index is 155. The van der Waals surface area contributed by atoms with Crippen molar-refractivity contribution in [3.63, 3.8) is 0 Å². The molecule has 0 aliphatic carbocycles. The van der Waals surface area contributed by atoms with Crippen LogP contribution < -0.4 is 15.3 Å². The molecule has 0 rings (SSSR count). The third kappa shape index (κ3) is 74.1. The average Bonchev–Trinajstić information content (AvgIpc) is 2.19. The van der Waals surface area contributed by atoms with Gasteiger partial charge in [-0.05, 0) is 0 Å². The molecule has 0 aromatic rings. The summed E-state index contributed by atoms with van der Waals surface area (Å²) in [6.45, 7) is 0. The van der Waals surface area contributed by atoms with Crippen molar-refractivity contribution in [2.24, 2.45) is 0 Å². The predicted octanol–water partition coefficient (Wildman–Crippen LogP) is -3.54. The van der Waals surface area contributed by atoms with Crippen LogP contribution in [0.4, 0.5) is 14.4 Å². The first-order valence-corrected chi connectivity index (χ1v) is 2.38. The van der Waals surface area contributed by atoms with Gasteiger partial charge in [0.2, 0.25) is 0 Å². The molecule has 0 aromatic carbocycles. The van der Waals surface area contributed by atoms with Gasteiger partial charge in [0, 0.05) is 0 Å². The molecule has 0 aliphatic rings. The number of carboxylic acid groups (broad SMARTS) is 3. The van der Waals surface area contributed by atoms with E-state index in [1.807, 2.05) is 0 Å². The Labute approximate surface area is 120 Å². The molecule has 3 N–H and O–H groups in total. The molecule has 91 valence electrons. The Morgan fingerprint density at radius 1 is 0.688 bits per heavy atom. The fraction of sp³-hybridized carbons (Fsp3) is 0. The minimum Gasteiger partial charge on any atom is -0.424 e. The first kappa shape index (κ1) is 24.3. The van der Waals surface area contributed by atoms with Gasteiger partial charge in [0.1, 0.15) is 0 Å². The summed E-state index contributed by atoms with van der Waals surface area (Å²) in [6, 6.07) is 0. The van der Waals surface area contributed by atoms with Crippen molar-refractivity contribution in [3.05, 3.63) is 0 Å². The third-order valence-electron chi connectivity index (χ3n) is 0.224. The van der Waals surface area contributed by atoms with E-state index in [0.29, 0.717) is 0 Å². The van der Waals surface area contributed by atoms with Crippen molar-refractivity contribution in [1.29, 1.82) is 0 Å². The monoisotopic (exact) mass is 371 g/mol. The molecule has 0 bridgehead atoms. The molecule has 16 heavy (non-hydrogen) atoms. The maximum absolute atomic E-state index is 8.78. The third-order valence-corrected chi connectivity index (χ3v) is 0.224. The molecule has 12 nitrogen and oxygen atoms in total. The van der Waals surface area contributed by atoms with E-state index in [9.17, 15) is 0 Å². The quantitative estimate of drug-likeness (QED) is 0.215. The molecule has 0 aliphatic heterocycles. The van der Waals surface area contributed by atoms with Gasteiger partial charge in [0.15, 0.2) is 0 Å². The van der Waals surface area contributed by atoms with Crippen LogP contribution in [-0.4, -0.2) is 34.2 Å². The van der Waals surface area contributed by atoms with Crippen molar-refractivity contribution in [3.8, 4) is 0 Å². The Hall–Kier alpha value is -0.933. The molecule has 13 heteroatoms. The number of carbonyl (C=O) groups is 3. The summed E-state index contributed by atoms with van der Waals surface area (Å²) < 4.78 is 0. The van der Waals surface area contributed by atoms with Crippen LogP contribution in [0.5, 0.6) is 0 Å². The van der Waals surface area contributed by atoms with E-state index in [1.54, 1.807) is 0 Å². The first-order valence-electron chi connectivity index (χ1n) is 2.38. The minimum atomic E-state index is -1.94. The topological polar surface area (TPSA) is 209 Å². The molecule has 0 saturated carbocycles. The van der Waals surface area contributed by atoms with Crippen LogP contribution in [0.1, 0.15) is 0 Å². The largest absolute Gasteiger partial charge is 3.00 e. The standard InChI is InChI=1S/3CH2O4.Ce/c3*2-1(3)5-4;/h3*4H,(H,2,3);/q;;;+3/p-3. The molecule has 0 aromatic heterocycles. The van der Waals surface area contributed by atoms with Crippen molar-refractivity contribution in [2.45, 2.75) is 0 Å². The molecular formula is C3H3CeO12. The Morgan fingerprint density at radius 2 is 0.750 bits per heavy atom. The van der Waals surface area contributed by atoms with Crippen LogP contribution in [0.25, 0.3) is 0 Å². The van der Waals surface area contributed by atoms with Gasteiger partial charge in [-0.2, -0.15) is 0 Å². The molecule has 0 fully saturated rings. The van der Waals surface area contributed by atoms with E-state index >= 15 is 0 Å². The zero-order chi connectivity index (χ0) is 12.9. The van der Waals surface area contributed by atoms with Gasteiger partial charge >= 0.3 is 41.7 Å². The molecule has 0 atom stereocenters. The van der Waals surface area contributed by atoms with Crippen molar-refractivity contribution in [2.75, 3.05) is 0 Å². The maximum atomic E-state index is 8.78. The van der Waals surface area contributed by atoms with Crippen molar-refractivity contribution < 1.29 is 102 Å². The summed E-state index contributed by atoms with van der Waals surface area (Å²) in [7, 11) is 0.